The van der Waals surface area contributed by atoms with Crippen LogP contribution in [0.1, 0.15) is 36.2 Å². The lowest BCUT2D eigenvalue weighted by Gasteiger charge is -2.22. The van der Waals surface area contributed by atoms with E-state index in [0.717, 1.165) is 12.0 Å². The summed E-state index contributed by atoms with van der Waals surface area (Å²) in [5.74, 6) is 0.109. The zero-order valence-electron chi connectivity index (χ0n) is 15.3. The highest BCUT2D eigenvalue weighted by molar-refractivity contribution is 6.06. The Morgan fingerprint density at radius 2 is 2.04 bits per heavy atom. The Labute approximate surface area is 152 Å². The zero-order valence-corrected chi connectivity index (χ0v) is 15.3. The lowest BCUT2D eigenvalue weighted by Crippen LogP contribution is -2.40. The average Bonchev–Trinajstić information content (AvgIpc) is 3.10. The van der Waals surface area contributed by atoms with Crippen molar-refractivity contribution < 1.29 is 14.6 Å². The molecule has 26 heavy (non-hydrogen) atoms. The topological polar surface area (TPSA) is 88.3 Å². The van der Waals surface area contributed by atoms with Gasteiger partial charge in [0.2, 0.25) is 0 Å². The van der Waals surface area contributed by atoms with Crippen LogP contribution in [-0.4, -0.2) is 58.5 Å². The summed E-state index contributed by atoms with van der Waals surface area (Å²) >= 11 is 0. The molecular formula is C18H24N4O4. The van der Waals surface area contributed by atoms with E-state index < -0.39 is 5.03 Å². The Bertz CT molecular complexity index is 729. The highest BCUT2D eigenvalue weighted by Crippen LogP contribution is 2.30. The lowest BCUT2D eigenvalue weighted by atomic mass is 9.97. The fourth-order valence-electron chi connectivity index (χ4n) is 3.58. The van der Waals surface area contributed by atoms with Crippen molar-refractivity contribution >= 4 is 11.9 Å². The number of ether oxygens (including phenoxy) is 1. The van der Waals surface area contributed by atoms with Gasteiger partial charge in [0.25, 0.3) is 11.9 Å². The van der Waals surface area contributed by atoms with Crippen LogP contribution < -0.4 is 0 Å². The molecule has 0 aromatic heterocycles. The first-order valence-electron chi connectivity index (χ1n) is 8.75. The van der Waals surface area contributed by atoms with Crippen molar-refractivity contribution in [3.63, 3.8) is 0 Å². The van der Waals surface area contributed by atoms with E-state index in [1.165, 1.54) is 4.90 Å². The van der Waals surface area contributed by atoms with Gasteiger partial charge in [-0.15, -0.1) is 0 Å². The molecule has 0 saturated carbocycles. The summed E-state index contributed by atoms with van der Waals surface area (Å²) in [7, 11) is 0. The van der Waals surface area contributed by atoms with Crippen molar-refractivity contribution in [1.29, 1.82) is 0 Å². The summed E-state index contributed by atoms with van der Waals surface area (Å²) in [4.78, 5) is 27.0. The van der Waals surface area contributed by atoms with Crippen LogP contribution in [0.2, 0.25) is 0 Å². The largest absolute Gasteiger partial charge is 0.375 e. The van der Waals surface area contributed by atoms with E-state index in [1.807, 2.05) is 37.8 Å². The molecule has 2 heterocycles. The van der Waals surface area contributed by atoms with Gasteiger partial charge in [-0.2, -0.15) is 0 Å². The second-order valence-electron chi connectivity index (χ2n) is 7.55. The number of hydrazone groups is 1. The predicted octanol–water partition coefficient (Wildman–Crippen LogP) is 2.12. The van der Waals surface area contributed by atoms with Crippen molar-refractivity contribution in [2.75, 3.05) is 26.2 Å². The van der Waals surface area contributed by atoms with Crippen LogP contribution in [0.4, 0.5) is 0 Å². The highest BCUT2D eigenvalue weighted by atomic mass is 16.7. The fraction of sp³-hybridized carbons (Fsp3) is 0.556. The van der Waals surface area contributed by atoms with E-state index in [-0.39, 0.29) is 23.4 Å². The Morgan fingerprint density at radius 1 is 1.35 bits per heavy atom. The minimum Gasteiger partial charge on any atom is -0.375 e. The van der Waals surface area contributed by atoms with Crippen molar-refractivity contribution in [3.8, 4) is 0 Å². The third kappa shape index (κ3) is 4.01. The van der Waals surface area contributed by atoms with Crippen LogP contribution in [0.5, 0.6) is 0 Å². The molecule has 1 atom stereocenters. The number of benzene rings is 1. The van der Waals surface area contributed by atoms with Crippen LogP contribution in [0.15, 0.2) is 29.4 Å². The molecular weight excluding hydrogens is 336 g/mol. The van der Waals surface area contributed by atoms with Gasteiger partial charge in [-0.3, -0.25) is 9.69 Å². The van der Waals surface area contributed by atoms with E-state index in [2.05, 4.69) is 5.10 Å². The number of amides is 1. The number of aryl methyl sites for hydroxylation is 1. The smallest absolute Gasteiger partial charge is 0.281 e. The zero-order chi connectivity index (χ0) is 18.9. The molecule has 2 aliphatic heterocycles. The van der Waals surface area contributed by atoms with Gasteiger partial charge in [-0.05, 0) is 39.3 Å². The molecule has 3 rings (SSSR count). The standard InChI is InChI=1S/C18H24N4O4/c1-13-4-6-15(7-5-13)16(23)21-9-8-20(17(21)19-22(24)25)11-14-10-18(2,3)26-12-14/h4-7,14H,8-12H2,1-3H3. The molecule has 0 aliphatic carbocycles. The first-order valence-corrected chi connectivity index (χ1v) is 8.75. The van der Waals surface area contributed by atoms with Crippen LogP contribution in [0, 0.1) is 23.0 Å². The lowest BCUT2D eigenvalue weighted by molar-refractivity contribution is -0.486. The number of hydrogen-bond acceptors (Lipinski definition) is 4. The second-order valence-corrected chi connectivity index (χ2v) is 7.55. The number of carbonyl (C=O) groups excluding carboxylic acids is 1. The summed E-state index contributed by atoms with van der Waals surface area (Å²) in [6, 6.07) is 7.17. The molecule has 1 unspecified atom stereocenters. The van der Waals surface area contributed by atoms with Crippen LogP contribution in [-0.2, 0) is 4.74 Å². The maximum absolute atomic E-state index is 12.8. The summed E-state index contributed by atoms with van der Waals surface area (Å²) in [5, 5.41) is 13.8. The van der Waals surface area contributed by atoms with Gasteiger partial charge >= 0.3 is 0 Å². The minimum absolute atomic E-state index is 0.116. The quantitative estimate of drug-likeness (QED) is 0.606. The molecule has 0 N–H and O–H groups in total. The summed E-state index contributed by atoms with van der Waals surface area (Å²) in [6.45, 7) is 8.13. The minimum atomic E-state index is -0.738. The average molecular weight is 360 g/mol. The molecule has 140 valence electrons. The molecule has 1 aromatic rings. The van der Waals surface area contributed by atoms with Crippen molar-refractivity contribution in [1.82, 2.24) is 9.80 Å². The maximum Gasteiger partial charge on any atom is 0.281 e. The van der Waals surface area contributed by atoms with E-state index >= 15 is 0 Å². The summed E-state index contributed by atoms with van der Waals surface area (Å²) in [6.07, 6.45) is 0.876. The van der Waals surface area contributed by atoms with Crippen LogP contribution in [0.3, 0.4) is 0 Å². The molecule has 2 saturated heterocycles. The monoisotopic (exact) mass is 360 g/mol. The molecule has 0 bridgehead atoms. The van der Waals surface area contributed by atoms with Gasteiger partial charge in [0.05, 0.1) is 12.2 Å². The number of carbonyl (C=O) groups is 1. The number of hydrogen-bond donors (Lipinski definition) is 0. The normalized spacial score (nSPS) is 23.7. The van der Waals surface area contributed by atoms with E-state index in [0.29, 0.717) is 31.8 Å². The SMILES string of the molecule is Cc1ccc(C(=O)N2CCN(CC3COC(C)(C)C3)C2=N[N+](=O)[O-])cc1. The summed E-state index contributed by atoms with van der Waals surface area (Å²) in [5.41, 5.74) is 1.37. The van der Waals surface area contributed by atoms with Gasteiger partial charge in [0.15, 0.2) is 5.03 Å². The van der Waals surface area contributed by atoms with Gasteiger partial charge in [-0.25, -0.2) is 10.1 Å². The first-order chi connectivity index (χ1) is 12.2. The molecule has 8 nitrogen and oxygen atoms in total. The predicted molar refractivity (Wildman–Crippen MR) is 96.4 cm³/mol. The maximum atomic E-state index is 12.8. The van der Waals surface area contributed by atoms with Crippen LogP contribution >= 0.6 is 0 Å². The second kappa shape index (κ2) is 7.03. The van der Waals surface area contributed by atoms with Gasteiger partial charge in [0.1, 0.15) is 5.10 Å². The Balaban J connectivity index is 1.77. The summed E-state index contributed by atoms with van der Waals surface area (Å²) < 4.78 is 5.75. The first kappa shape index (κ1) is 18.3. The Hall–Kier alpha value is -2.48. The molecule has 1 amide bonds. The Morgan fingerprint density at radius 3 is 2.62 bits per heavy atom. The number of nitrogens with zero attached hydrogens (tertiary/aromatic N) is 4. The highest BCUT2D eigenvalue weighted by Gasteiger charge is 2.39. The van der Waals surface area contributed by atoms with Crippen molar-refractivity contribution in [3.05, 3.63) is 45.5 Å². The van der Waals surface area contributed by atoms with Crippen molar-refractivity contribution in [2.45, 2.75) is 32.8 Å². The van der Waals surface area contributed by atoms with Gasteiger partial charge < -0.3 is 9.64 Å². The van der Waals surface area contributed by atoms with Crippen molar-refractivity contribution in [2.24, 2.45) is 11.0 Å². The third-order valence-electron chi connectivity index (χ3n) is 4.80. The molecule has 1 aromatic carbocycles. The third-order valence-corrected chi connectivity index (χ3v) is 4.80. The molecule has 8 heteroatoms. The van der Waals surface area contributed by atoms with Gasteiger partial charge in [0, 0.05) is 31.1 Å². The molecule has 2 fully saturated rings. The van der Waals surface area contributed by atoms with E-state index in [9.17, 15) is 14.9 Å². The molecule has 0 spiro atoms. The number of rotatable bonds is 4. The molecule has 2 aliphatic rings. The fourth-order valence-corrected chi connectivity index (χ4v) is 3.58. The number of guanidine groups is 1. The van der Waals surface area contributed by atoms with E-state index in [1.54, 1.807) is 12.1 Å². The van der Waals surface area contributed by atoms with Crippen LogP contribution in [0.25, 0.3) is 0 Å². The van der Waals surface area contributed by atoms with Gasteiger partial charge in [-0.1, -0.05) is 17.7 Å². The molecule has 0 radical (unpaired) electrons. The Kier molecular flexibility index (Phi) is 4.95. The number of nitro groups is 1. The van der Waals surface area contributed by atoms with E-state index in [4.69, 9.17) is 4.74 Å².